The summed E-state index contributed by atoms with van der Waals surface area (Å²) in [5.74, 6) is -0.934. The van der Waals surface area contributed by atoms with Gasteiger partial charge in [-0.05, 0) is 12.1 Å². The van der Waals surface area contributed by atoms with E-state index in [0.717, 1.165) is 0 Å². The summed E-state index contributed by atoms with van der Waals surface area (Å²) in [5.41, 5.74) is 6.06. The van der Waals surface area contributed by atoms with E-state index in [-0.39, 0.29) is 22.0 Å². The van der Waals surface area contributed by atoms with Crippen LogP contribution in [0, 0.1) is 0 Å². The molecule has 0 saturated carbocycles. The van der Waals surface area contributed by atoms with Crippen LogP contribution in [0.4, 0.5) is 5.69 Å². The van der Waals surface area contributed by atoms with Gasteiger partial charge >= 0.3 is 5.97 Å². The lowest BCUT2D eigenvalue weighted by molar-refractivity contribution is -0.141. The van der Waals surface area contributed by atoms with E-state index in [1.54, 1.807) is 0 Å². The minimum absolute atomic E-state index is 0.130. The lowest BCUT2D eigenvalue weighted by Gasteiger charge is -2.19. The summed E-state index contributed by atoms with van der Waals surface area (Å²) >= 11 is 5.88. The highest BCUT2D eigenvalue weighted by atomic mass is 35.5. The molecule has 1 aromatic carbocycles. The molecule has 100 valence electrons. The van der Waals surface area contributed by atoms with Crippen LogP contribution in [0.2, 0.25) is 5.02 Å². The number of halogens is 1. The summed E-state index contributed by atoms with van der Waals surface area (Å²) < 4.78 is 4.96. The van der Waals surface area contributed by atoms with E-state index in [4.69, 9.17) is 27.2 Å². The second-order valence-electron chi connectivity index (χ2n) is 3.73. The van der Waals surface area contributed by atoms with Crippen LogP contribution in [-0.2, 0) is 4.79 Å². The van der Waals surface area contributed by atoms with Crippen molar-refractivity contribution >= 4 is 23.3 Å². The number of aliphatic hydroxyl groups excluding tert-OH is 2. The predicted octanol–water partition coefficient (Wildman–Crippen LogP) is 0.800. The molecule has 2 atom stereocenters. The van der Waals surface area contributed by atoms with Gasteiger partial charge in [0.05, 0.1) is 25.3 Å². The Labute approximate surface area is 109 Å². The van der Waals surface area contributed by atoms with Crippen molar-refractivity contribution in [2.75, 3.05) is 12.8 Å². The van der Waals surface area contributed by atoms with Crippen molar-refractivity contribution in [3.05, 3.63) is 22.7 Å². The summed E-state index contributed by atoms with van der Waals surface area (Å²) in [6, 6.07) is 2.74. The molecular formula is C11H14ClNO5. The van der Waals surface area contributed by atoms with Gasteiger partial charge in [0.15, 0.2) is 0 Å². The summed E-state index contributed by atoms with van der Waals surface area (Å²) in [6.07, 6.45) is -3.49. The molecule has 0 fully saturated rings. The zero-order chi connectivity index (χ0) is 13.9. The maximum atomic E-state index is 10.5. The summed E-state index contributed by atoms with van der Waals surface area (Å²) in [5, 5.41) is 28.0. The Balaban J connectivity index is 3.04. The average Bonchev–Trinajstić information content (AvgIpc) is 2.27. The molecule has 1 rings (SSSR count). The molecule has 0 amide bonds. The topological polar surface area (TPSA) is 113 Å². The number of carbonyl (C=O) groups is 1. The van der Waals surface area contributed by atoms with Crippen LogP contribution in [0.25, 0.3) is 0 Å². The number of aliphatic carboxylic acids is 1. The molecule has 0 aliphatic carbocycles. The van der Waals surface area contributed by atoms with Gasteiger partial charge in [0.1, 0.15) is 11.9 Å². The molecule has 2 unspecified atom stereocenters. The van der Waals surface area contributed by atoms with E-state index < -0.39 is 24.6 Å². The number of carboxylic acids is 1. The highest BCUT2D eigenvalue weighted by Crippen LogP contribution is 2.34. The van der Waals surface area contributed by atoms with Gasteiger partial charge in [0.2, 0.25) is 0 Å². The van der Waals surface area contributed by atoms with E-state index >= 15 is 0 Å². The molecule has 0 aromatic heterocycles. The minimum atomic E-state index is -1.46. The molecule has 0 aliphatic heterocycles. The smallest absolute Gasteiger partial charge is 0.306 e. The largest absolute Gasteiger partial charge is 0.495 e. The van der Waals surface area contributed by atoms with E-state index in [9.17, 15) is 15.0 Å². The Kier molecular flexibility index (Phi) is 4.77. The quantitative estimate of drug-likeness (QED) is 0.591. The average molecular weight is 276 g/mol. The standard InChI is InChI=1S/C11H14ClNO5/c1-18-9-2-5(6(12)3-7(9)13)11(17)8(14)4-10(15)16/h2-3,8,11,14,17H,4,13H2,1H3,(H,15,16). The number of rotatable bonds is 5. The first-order valence-corrected chi connectivity index (χ1v) is 5.45. The van der Waals surface area contributed by atoms with Gasteiger partial charge in [-0.15, -0.1) is 0 Å². The van der Waals surface area contributed by atoms with Gasteiger partial charge < -0.3 is 25.8 Å². The fraction of sp³-hybridized carbons (Fsp3) is 0.364. The molecular weight excluding hydrogens is 262 g/mol. The van der Waals surface area contributed by atoms with Gasteiger partial charge in [-0.1, -0.05) is 11.6 Å². The normalized spacial score (nSPS) is 14.0. The summed E-state index contributed by atoms with van der Waals surface area (Å²) in [4.78, 5) is 10.5. The number of ether oxygens (including phenoxy) is 1. The molecule has 0 aliphatic rings. The summed E-state index contributed by atoms with van der Waals surface area (Å²) in [6.45, 7) is 0. The second kappa shape index (κ2) is 5.90. The van der Waals surface area contributed by atoms with E-state index in [1.807, 2.05) is 0 Å². The molecule has 0 spiro atoms. The lowest BCUT2D eigenvalue weighted by atomic mass is 10.0. The number of methoxy groups -OCH3 is 1. The Hall–Kier alpha value is -1.50. The van der Waals surface area contributed by atoms with Crippen molar-refractivity contribution in [1.29, 1.82) is 0 Å². The highest BCUT2D eigenvalue weighted by molar-refractivity contribution is 6.31. The fourth-order valence-electron chi connectivity index (χ4n) is 1.49. The first-order chi connectivity index (χ1) is 8.36. The number of hydrogen-bond acceptors (Lipinski definition) is 5. The Morgan fingerprint density at radius 3 is 2.61 bits per heavy atom. The van der Waals surface area contributed by atoms with Crippen LogP contribution >= 0.6 is 11.6 Å². The van der Waals surface area contributed by atoms with Crippen LogP contribution in [0.3, 0.4) is 0 Å². The number of hydrogen-bond donors (Lipinski definition) is 4. The van der Waals surface area contributed by atoms with Gasteiger partial charge in [0, 0.05) is 10.6 Å². The van der Waals surface area contributed by atoms with E-state index in [1.165, 1.54) is 19.2 Å². The van der Waals surface area contributed by atoms with Crippen molar-refractivity contribution in [2.24, 2.45) is 0 Å². The third kappa shape index (κ3) is 3.25. The van der Waals surface area contributed by atoms with Crippen LogP contribution in [-0.4, -0.2) is 34.5 Å². The molecule has 7 heteroatoms. The second-order valence-corrected chi connectivity index (χ2v) is 4.13. The van der Waals surface area contributed by atoms with Gasteiger partial charge in [-0.3, -0.25) is 4.79 Å². The molecule has 5 N–H and O–H groups in total. The first-order valence-electron chi connectivity index (χ1n) is 5.07. The van der Waals surface area contributed by atoms with Crippen molar-refractivity contribution in [2.45, 2.75) is 18.6 Å². The van der Waals surface area contributed by atoms with Crippen LogP contribution in [0.15, 0.2) is 12.1 Å². The minimum Gasteiger partial charge on any atom is -0.495 e. The maximum Gasteiger partial charge on any atom is 0.306 e. The van der Waals surface area contributed by atoms with E-state index in [2.05, 4.69) is 0 Å². The van der Waals surface area contributed by atoms with Gasteiger partial charge in [-0.25, -0.2) is 0 Å². The molecule has 0 radical (unpaired) electrons. The number of benzene rings is 1. The fourth-order valence-corrected chi connectivity index (χ4v) is 1.77. The zero-order valence-electron chi connectivity index (χ0n) is 9.63. The maximum absolute atomic E-state index is 10.5. The van der Waals surface area contributed by atoms with Crippen molar-refractivity contribution in [1.82, 2.24) is 0 Å². The number of nitrogens with two attached hydrogens (primary N) is 1. The zero-order valence-corrected chi connectivity index (χ0v) is 10.4. The molecule has 1 aromatic rings. The van der Waals surface area contributed by atoms with Crippen LogP contribution < -0.4 is 10.5 Å². The predicted molar refractivity (Wildman–Crippen MR) is 65.6 cm³/mol. The number of carboxylic acid groups (broad SMARTS) is 1. The van der Waals surface area contributed by atoms with Gasteiger partial charge in [0.25, 0.3) is 0 Å². The Morgan fingerprint density at radius 1 is 1.50 bits per heavy atom. The Bertz CT molecular complexity index is 451. The third-order valence-electron chi connectivity index (χ3n) is 2.42. The number of anilines is 1. The monoisotopic (exact) mass is 275 g/mol. The Morgan fingerprint density at radius 2 is 2.11 bits per heavy atom. The molecule has 18 heavy (non-hydrogen) atoms. The van der Waals surface area contributed by atoms with Crippen molar-refractivity contribution in [3.8, 4) is 5.75 Å². The number of aliphatic hydroxyl groups is 2. The van der Waals surface area contributed by atoms with Crippen molar-refractivity contribution < 1.29 is 24.9 Å². The van der Waals surface area contributed by atoms with Crippen LogP contribution in [0.5, 0.6) is 5.75 Å². The SMILES string of the molecule is COc1cc(C(O)C(O)CC(=O)O)c(Cl)cc1N. The van der Waals surface area contributed by atoms with Crippen molar-refractivity contribution in [3.63, 3.8) is 0 Å². The molecule has 0 bridgehead atoms. The van der Waals surface area contributed by atoms with Crippen LogP contribution in [0.1, 0.15) is 18.1 Å². The van der Waals surface area contributed by atoms with Gasteiger partial charge in [-0.2, -0.15) is 0 Å². The van der Waals surface area contributed by atoms with E-state index in [0.29, 0.717) is 0 Å². The summed E-state index contributed by atoms with van der Waals surface area (Å²) in [7, 11) is 1.39. The molecule has 0 heterocycles. The lowest BCUT2D eigenvalue weighted by Crippen LogP contribution is -2.22. The highest BCUT2D eigenvalue weighted by Gasteiger charge is 2.24. The first kappa shape index (κ1) is 14.6. The number of nitrogen functional groups attached to an aromatic ring is 1. The molecule has 0 saturated heterocycles. The third-order valence-corrected chi connectivity index (χ3v) is 2.74. The molecule has 6 nitrogen and oxygen atoms in total.